The van der Waals surface area contributed by atoms with Gasteiger partial charge in [0.25, 0.3) is 0 Å². The standard InChI is InChI=1S/C24H33NO3/c1-27-21-14-13-18(17-22(21)28-2)15-16-25-24(26)23-19-11-9-7-5-3-4-6-8-10-12-20(19)23/h5-8,13-14,17,19-20,23H,3-4,9-12,15-16H2,1-2H3,(H,25,26)/b7-5-,8-6+. The Kier molecular flexibility index (Phi) is 7.58. The molecule has 2 aliphatic rings. The molecule has 0 radical (unpaired) electrons. The van der Waals surface area contributed by atoms with E-state index in [2.05, 4.69) is 29.6 Å². The highest BCUT2D eigenvalue weighted by Crippen LogP contribution is 2.52. The minimum absolute atomic E-state index is 0.202. The number of ether oxygens (including phenoxy) is 2. The quantitative estimate of drug-likeness (QED) is 0.725. The summed E-state index contributed by atoms with van der Waals surface area (Å²) in [7, 11) is 3.28. The zero-order valence-electron chi connectivity index (χ0n) is 17.2. The van der Waals surface area contributed by atoms with Crippen LogP contribution in [-0.4, -0.2) is 26.7 Å². The molecular formula is C24H33NO3. The topological polar surface area (TPSA) is 47.6 Å². The van der Waals surface area contributed by atoms with Gasteiger partial charge in [0.2, 0.25) is 5.91 Å². The van der Waals surface area contributed by atoms with Gasteiger partial charge in [-0.25, -0.2) is 0 Å². The minimum Gasteiger partial charge on any atom is -0.493 e. The Labute approximate surface area is 169 Å². The van der Waals surface area contributed by atoms with E-state index in [-0.39, 0.29) is 11.8 Å². The maximum absolute atomic E-state index is 12.7. The van der Waals surface area contributed by atoms with Gasteiger partial charge in [0.05, 0.1) is 14.2 Å². The molecule has 3 atom stereocenters. The van der Waals surface area contributed by atoms with Gasteiger partial charge in [-0.05, 0) is 74.5 Å². The van der Waals surface area contributed by atoms with Gasteiger partial charge in [-0.2, -0.15) is 0 Å². The first-order valence-corrected chi connectivity index (χ1v) is 10.5. The summed E-state index contributed by atoms with van der Waals surface area (Å²) in [5.41, 5.74) is 1.13. The SMILES string of the molecule is COc1ccc(CCNC(=O)C2C3CC/C=C\CC/C=C/CCC32)cc1OC. The molecule has 28 heavy (non-hydrogen) atoms. The second kappa shape index (κ2) is 10.4. The number of nitrogens with one attached hydrogen (secondary N) is 1. The predicted molar refractivity (Wildman–Crippen MR) is 113 cm³/mol. The number of rotatable bonds is 6. The van der Waals surface area contributed by atoms with E-state index in [1.165, 1.54) is 0 Å². The number of hydrogen-bond donors (Lipinski definition) is 1. The highest BCUT2D eigenvalue weighted by atomic mass is 16.5. The first-order chi connectivity index (χ1) is 13.7. The van der Waals surface area contributed by atoms with Crippen LogP contribution in [0.5, 0.6) is 11.5 Å². The molecule has 1 aromatic rings. The maximum Gasteiger partial charge on any atom is 0.223 e. The second-order valence-electron chi connectivity index (χ2n) is 7.76. The Bertz CT molecular complexity index is 686. The Hall–Kier alpha value is -2.23. The molecule has 4 heteroatoms. The average molecular weight is 384 g/mol. The zero-order valence-corrected chi connectivity index (χ0v) is 17.2. The normalized spacial score (nSPS) is 26.7. The number of amides is 1. The third-order valence-electron chi connectivity index (χ3n) is 5.96. The Balaban J connectivity index is 1.49. The molecule has 0 aromatic heterocycles. The number of fused-ring (bicyclic) bond motifs is 1. The van der Waals surface area contributed by atoms with E-state index in [0.29, 0.717) is 18.4 Å². The van der Waals surface area contributed by atoms with E-state index in [9.17, 15) is 4.79 Å². The summed E-state index contributed by atoms with van der Waals surface area (Å²) >= 11 is 0. The second-order valence-corrected chi connectivity index (χ2v) is 7.76. The fourth-order valence-electron chi connectivity index (χ4n) is 4.35. The summed E-state index contributed by atoms with van der Waals surface area (Å²) in [6.07, 6.45) is 16.7. The largest absolute Gasteiger partial charge is 0.493 e. The lowest BCUT2D eigenvalue weighted by Crippen LogP contribution is -2.28. The Morgan fingerprint density at radius 1 is 0.929 bits per heavy atom. The van der Waals surface area contributed by atoms with E-state index >= 15 is 0 Å². The van der Waals surface area contributed by atoms with Gasteiger partial charge < -0.3 is 14.8 Å². The van der Waals surface area contributed by atoms with E-state index in [0.717, 1.165) is 62.0 Å². The highest BCUT2D eigenvalue weighted by Gasteiger charge is 2.52. The van der Waals surface area contributed by atoms with Crippen molar-refractivity contribution < 1.29 is 14.3 Å². The van der Waals surface area contributed by atoms with E-state index in [4.69, 9.17) is 9.47 Å². The van der Waals surface area contributed by atoms with Gasteiger partial charge in [-0.3, -0.25) is 4.79 Å². The molecule has 2 aliphatic carbocycles. The summed E-state index contributed by atoms with van der Waals surface area (Å²) in [5.74, 6) is 3.00. The molecule has 1 N–H and O–H groups in total. The van der Waals surface area contributed by atoms with Gasteiger partial charge >= 0.3 is 0 Å². The van der Waals surface area contributed by atoms with Crippen LogP contribution in [0.4, 0.5) is 0 Å². The molecule has 152 valence electrons. The summed E-state index contributed by atoms with van der Waals surface area (Å²) in [6.45, 7) is 0.657. The van der Waals surface area contributed by atoms with E-state index in [1.54, 1.807) is 14.2 Å². The van der Waals surface area contributed by atoms with Crippen molar-refractivity contribution in [3.63, 3.8) is 0 Å². The third kappa shape index (κ3) is 5.40. The van der Waals surface area contributed by atoms with E-state index in [1.807, 2.05) is 18.2 Å². The van der Waals surface area contributed by atoms with Crippen molar-refractivity contribution in [2.24, 2.45) is 17.8 Å². The number of carbonyl (C=O) groups excluding carboxylic acids is 1. The van der Waals surface area contributed by atoms with Crippen molar-refractivity contribution in [3.8, 4) is 11.5 Å². The summed E-state index contributed by atoms with van der Waals surface area (Å²) in [6, 6.07) is 5.92. The van der Waals surface area contributed by atoms with Crippen LogP contribution in [0, 0.1) is 17.8 Å². The smallest absolute Gasteiger partial charge is 0.223 e. The summed E-state index contributed by atoms with van der Waals surface area (Å²) in [5, 5.41) is 3.17. The number of methoxy groups -OCH3 is 2. The lowest BCUT2D eigenvalue weighted by atomic mass is 10.1. The van der Waals surface area contributed by atoms with Crippen molar-refractivity contribution in [3.05, 3.63) is 48.1 Å². The van der Waals surface area contributed by atoms with E-state index < -0.39 is 0 Å². The first kappa shape index (κ1) is 20.5. The molecule has 0 spiro atoms. The van der Waals surface area contributed by atoms with Crippen LogP contribution in [0.15, 0.2) is 42.5 Å². The van der Waals surface area contributed by atoms with Gasteiger partial charge in [-0.15, -0.1) is 0 Å². The van der Waals surface area contributed by atoms with Gasteiger partial charge in [0, 0.05) is 12.5 Å². The van der Waals surface area contributed by atoms with Crippen molar-refractivity contribution in [2.75, 3.05) is 20.8 Å². The van der Waals surface area contributed by atoms with Crippen molar-refractivity contribution >= 4 is 5.91 Å². The zero-order chi connectivity index (χ0) is 19.8. The van der Waals surface area contributed by atoms with Crippen molar-refractivity contribution in [1.82, 2.24) is 5.32 Å². The average Bonchev–Trinajstić information content (AvgIpc) is 3.40. The number of hydrogen-bond acceptors (Lipinski definition) is 3. The fourth-order valence-corrected chi connectivity index (χ4v) is 4.35. The molecule has 3 unspecified atom stereocenters. The van der Waals surface area contributed by atoms with Crippen LogP contribution in [0.25, 0.3) is 0 Å². The fraction of sp³-hybridized carbons (Fsp3) is 0.542. The molecule has 4 nitrogen and oxygen atoms in total. The third-order valence-corrected chi connectivity index (χ3v) is 5.96. The van der Waals surface area contributed by atoms with Crippen LogP contribution in [0.3, 0.4) is 0 Å². The monoisotopic (exact) mass is 383 g/mol. The van der Waals surface area contributed by atoms with Crippen LogP contribution < -0.4 is 14.8 Å². The molecule has 0 saturated heterocycles. The van der Waals surface area contributed by atoms with Crippen LogP contribution in [0.2, 0.25) is 0 Å². The lowest BCUT2D eigenvalue weighted by Gasteiger charge is -2.10. The summed E-state index contributed by atoms with van der Waals surface area (Å²) < 4.78 is 10.6. The predicted octanol–water partition coefficient (Wildman–Crippen LogP) is 4.69. The maximum atomic E-state index is 12.7. The number of carbonyl (C=O) groups is 1. The molecule has 0 heterocycles. The highest BCUT2D eigenvalue weighted by molar-refractivity contribution is 5.82. The summed E-state index contributed by atoms with van der Waals surface area (Å²) in [4.78, 5) is 12.7. The number of benzene rings is 1. The van der Waals surface area contributed by atoms with Gasteiger partial charge in [0.15, 0.2) is 11.5 Å². The van der Waals surface area contributed by atoms with Crippen molar-refractivity contribution in [2.45, 2.75) is 44.9 Å². The molecule has 3 rings (SSSR count). The minimum atomic E-state index is 0.202. The first-order valence-electron chi connectivity index (χ1n) is 10.5. The Morgan fingerprint density at radius 3 is 2.14 bits per heavy atom. The van der Waals surface area contributed by atoms with Crippen LogP contribution in [-0.2, 0) is 11.2 Å². The van der Waals surface area contributed by atoms with Gasteiger partial charge in [-0.1, -0.05) is 30.4 Å². The molecule has 1 saturated carbocycles. The number of allylic oxidation sites excluding steroid dienone is 4. The molecular weight excluding hydrogens is 350 g/mol. The van der Waals surface area contributed by atoms with Crippen LogP contribution in [0.1, 0.15) is 44.1 Å². The molecule has 0 bridgehead atoms. The van der Waals surface area contributed by atoms with Crippen LogP contribution >= 0.6 is 0 Å². The Morgan fingerprint density at radius 2 is 1.54 bits per heavy atom. The molecule has 1 amide bonds. The molecule has 1 fully saturated rings. The molecule has 1 aromatic carbocycles. The van der Waals surface area contributed by atoms with Gasteiger partial charge in [0.1, 0.15) is 0 Å². The lowest BCUT2D eigenvalue weighted by molar-refractivity contribution is -0.122. The molecule has 0 aliphatic heterocycles. The van der Waals surface area contributed by atoms with Crippen molar-refractivity contribution in [1.29, 1.82) is 0 Å².